The SMILES string of the molecule is N#Cc1ccc2c(ccn2CCC(N)=O)c1. The molecular weight excluding hydrogens is 202 g/mol. The summed E-state index contributed by atoms with van der Waals surface area (Å²) in [5.41, 5.74) is 6.76. The molecule has 0 aliphatic heterocycles. The summed E-state index contributed by atoms with van der Waals surface area (Å²) in [7, 11) is 0. The average Bonchev–Trinajstić information content (AvgIpc) is 2.68. The molecule has 0 fully saturated rings. The van der Waals surface area contributed by atoms with E-state index in [1.807, 2.05) is 29.0 Å². The number of carbonyl (C=O) groups excluding carboxylic acids is 1. The van der Waals surface area contributed by atoms with Crippen molar-refractivity contribution in [3.63, 3.8) is 0 Å². The first kappa shape index (κ1) is 10.2. The summed E-state index contributed by atoms with van der Waals surface area (Å²) in [5.74, 6) is -0.310. The van der Waals surface area contributed by atoms with E-state index >= 15 is 0 Å². The van der Waals surface area contributed by atoms with Crippen molar-refractivity contribution in [1.82, 2.24) is 4.57 Å². The van der Waals surface area contributed by atoms with Gasteiger partial charge in [0.05, 0.1) is 11.6 Å². The van der Waals surface area contributed by atoms with Crippen molar-refractivity contribution in [2.75, 3.05) is 0 Å². The van der Waals surface area contributed by atoms with Crippen molar-refractivity contribution in [1.29, 1.82) is 5.26 Å². The van der Waals surface area contributed by atoms with E-state index in [0.29, 0.717) is 18.5 Å². The van der Waals surface area contributed by atoms with Gasteiger partial charge in [-0.25, -0.2) is 0 Å². The number of nitrogens with zero attached hydrogens (tertiary/aromatic N) is 2. The zero-order chi connectivity index (χ0) is 11.5. The highest BCUT2D eigenvalue weighted by Gasteiger charge is 2.03. The third-order valence-electron chi connectivity index (χ3n) is 2.50. The number of nitriles is 1. The van der Waals surface area contributed by atoms with Crippen LogP contribution in [-0.4, -0.2) is 10.5 Å². The van der Waals surface area contributed by atoms with Gasteiger partial charge in [0.1, 0.15) is 0 Å². The Hall–Kier alpha value is -2.28. The number of amides is 1. The van der Waals surface area contributed by atoms with Gasteiger partial charge in [-0.05, 0) is 24.3 Å². The predicted octanol–water partition coefficient (Wildman–Crippen LogP) is 1.39. The van der Waals surface area contributed by atoms with Crippen LogP contribution in [0.5, 0.6) is 0 Å². The third-order valence-corrected chi connectivity index (χ3v) is 2.50. The van der Waals surface area contributed by atoms with Gasteiger partial charge in [0.2, 0.25) is 5.91 Å². The molecule has 0 radical (unpaired) electrons. The highest BCUT2D eigenvalue weighted by molar-refractivity contribution is 5.82. The molecule has 1 aromatic carbocycles. The molecule has 0 saturated heterocycles. The first-order valence-electron chi connectivity index (χ1n) is 4.98. The summed E-state index contributed by atoms with van der Waals surface area (Å²) in [5, 5.41) is 9.77. The van der Waals surface area contributed by atoms with Gasteiger partial charge in [0, 0.05) is 30.1 Å². The maximum absolute atomic E-state index is 10.7. The summed E-state index contributed by atoms with van der Waals surface area (Å²) in [6, 6.07) is 9.50. The van der Waals surface area contributed by atoms with Crippen molar-refractivity contribution in [2.24, 2.45) is 5.73 Å². The second-order valence-corrected chi connectivity index (χ2v) is 3.61. The number of aromatic nitrogens is 1. The summed E-state index contributed by atoms with van der Waals surface area (Å²) >= 11 is 0. The number of nitrogens with two attached hydrogens (primary N) is 1. The minimum absolute atomic E-state index is 0.310. The summed E-state index contributed by atoms with van der Waals surface area (Å²) in [6.07, 6.45) is 2.22. The molecular formula is C12H11N3O. The van der Waals surface area contributed by atoms with Crippen LogP contribution in [-0.2, 0) is 11.3 Å². The molecule has 4 heteroatoms. The molecule has 2 rings (SSSR count). The summed E-state index contributed by atoms with van der Waals surface area (Å²) < 4.78 is 1.96. The van der Waals surface area contributed by atoms with Crippen molar-refractivity contribution in [3.05, 3.63) is 36.0 Å². The van der Waals surface area contributed by atoms with Crippen LogP contribution in [0.2, 0.25) is 0 Å². The molecule has 0 aliphatic rings. The zero-order valence-corrected chi connectivity index (χ0v) is 8.68. The topological polar surface area (TPSA) is 71.8 Å². The lowest BCUT2D eigenvalue weighted by atomic mass is 10.2. The standard InChI is InChI=1S/C12H11N3O/c13-8-9-1-2-11-10(7-9)3-5-15(11)6-4-12(14)16/h1-3,5,7H,4,6H2,(H2,14,16). The van der Waals surface area contributed by atoms with Crippen LogP contribution in [0.25, 0.3) is 10.9 Å². The Morgan fingerprint density at radius 1 is 1.44 bits per heavy atom. The molecule has 0 aliphatic carbocycles. The van der Waals surface area contributed by atoms with Crippen LogP contribution in [0.3, 0.4) is 0 Å². The Morgan fingerprint density at radius 3 is 2.94 bits per heavy atom. The molecule has 1 amide bonds. The van der Waals surface area contributed by atoms with Crippen molar-refractivity contribution in [3.8, 4) is 6.07 Å². The minimum Gasteiger partial charge on any atom is -0.370 e. The smallest absolute Gasteiger partial charge is 0.219 e. The third kappa shape index (κ3) is 1.89. The average molecular weight is 213 g/mol. The van der Waals surface area contributed by atoms with E-state index in [0.717, 1.165) is 10.9 Å². The lowest BCUT2D eigenvalue weighted by Gasteiger charge is -2.03. The first-order valence-corrected chi connectivity index (χ1v) is 4.98. The first-order chi connectivity index (χ1) is 7.70. The van der Waals surface area contributed by atoms with Crippen molar-refractivity contribution >= 4 is 16.8 Å². The number of aryl methyl sites for hydroxylation is 1. The van der Waals surface area contributed by atoms with Gasteiger partial charge in [0.15, 0.2) is 0 Å². The fraction of sp³-hybridized carbons (Fsp3) is 0.167. The molecule has 0 saturated carbocycles. The second-order valence-electron chi connectivity index (χ2n) is 3.61. The van der Waals surface area contributed by atoms with Crippen LogP contribution in [0, 0.1) is 11.3 Å². The van der Waals surface area contributed by atoms with Crippen LogP contribution >= 0.6 is 0 Å². The highest BCUT2D eigenvalue weighted by atomic mass is 16.1. The van der Waals surface area contributed by atoms with Gasteiger partial charge in [-0.15, -0.1) is 0 Å². The molecule has 0 spiro atoms. The molecule has 2 N–H and O–H groups in total. The van der Waals surface area contributed by atoms with Crippen LogP contribution in [0.1, 0.15) is 12.0 Å². The van der Waals surface area contributed by atoms with Crippen molar-refractivity contribution < 1.29 is 4.79 Å². The van der Waals surface area contributed by atoms with Gasteiger partial charge in [-0.1, -0.05) is 0 Å². The normalized spacial score (nSPS) is 10.2. The number of fused-ring (bicyclic) bond motifs is 1. The number of hydrogen-bond acceptors (Lipinski definition) is 2. The Kier molecular flexibility index (Phi) is 2.61. The van der Waals surface area contributed by atoms with E-state index in [1.165, 1.54) is 0 Å². The number of rotatable bonds is 3. The van der Waals surface area contributed by atoms with E-state index in [9.17, 15) is 4.79 Å². The Labute approximate surface area is 92.9 Å². The van der Waals surface area contributed by atoms with E-state index < -0.39 is 0 Å². The molecule has 1 heterocycles. The minimum atomic E-state index is -0.310. The van der Waals surface area contributed by atoms with E-state index in [2.05, 4.69) is 6.07 Å². The lowest BCUT2D eigenvalue weighted by molar-refractivity contribution is -0.118. The van der Waals surface area contributed by atoms with Gasteiger partial charge in [0.25, 0.3) is 0 Å². The number of primary amides is 1. The highest BCUT2D eigenvalue weighted by Crippen LogP contribution is 2.17. The van der Waals surface area contributed by atoms with Gasteiger partial charge >= 0.3 is 0 Å². The van der Waals surface area contributed by atoms with Crippen LogP contribution in [0.15, 0.2) is 30.5 Å². The molecule has 1 aromatic heterocycles. The Balaban J connectivity index is 2.35. The predicted molar refractivity (Wildman–Crippen MR) is 60.5 cm³/mol. The van der Waals surface area contributed by atoms with Gasteiger partial charge in [-0.2, -0.15) is 5.26 Å². The number of carbonyl (C=O) groups is 1. The fourth-order valence-electron chi connectivity index (χ4n) is 1.70. The fourth-order valence-corrected chi connectivity index (χ4v) is 1.70. The van der Waals surface area contributed by atoms with Crippen LogP contribution < -0.4 is 5.73 Å². The molecule has 0 bridgehead atoms. The zero-order valence-electron chi connectivity index (χ0n) is 8.68. The van der Waals surface area contributed by atoms with E-state index in [-0.39, 0.29) is 5.91 Å². The molecule has 0 unspecified atom stereocenters. The summed E-state index contributed by atoms with van der Waals surface area (Å²) in [6.45, 7) is 0.574. The maximum atomic E-state index is 10.7. The monoisotopic (exact) mass is 213 g/mol. The molecule has 4 nitrogen and oxygen atoms in total. The second kappa shape index (κ2) is 4.07. The van der Waals surface area contributed by atoms with E-state index in [4.69, 9.17) is 11.0 Å². The van der Waals surface area contributed by atoms with Gasteiger partial charge in [-0.3, -0.25) is 4.79 Å². The lowest BCUT2D eigenvalue weighted by Crippen LogP contribution is -2.13. The molecule has 2 aromatic rings. The van der Waals surface area contributed by atoms with Gasteiger partial charge < -0.3 is 10.3 Å². The van der Waals surface area contributed by atoms with Crippen molar-refractivity contribution in [2.45, 2.75) is 13.0 Å². The maximum Gasteiger partial charge on any atom is 0.219 e. The van der Waals surface area contributed by atoms with Crippen LogP contribution in [0.4, 0.5) is 0 Å². The Bertz CT molecular complexity index is 577. The number of benzene rings is 1. The molecule has 0 atom stereocenters. The molecule has 16 heavy (non-hydrogen) atoms. The van der Waals surface area contributed by atoms with E-state index in [1.54, 1.807) is 6.07 Å². The Morgan fingerprint density at radius 2 is 2.25 bits per heavy atom. The largest absolute Gasteiger partial charge is 0.370 e. The molecule has 80 valence electrons. The summed E-state index contributed by atoms with van der Waals surface area (Å²) in [4.78, 5) is 10.7. The number of hydrogen-bond donors (Lipinski definition) is 1. The quantitative estimate of drug-likeness (QED) is 0.836.